The molecule has 1 N–H and O–H groups in total. The standard InChI is InChI=1S/C12H27NO/c1-7-12(6,14-9-3)11(10(4)5)13-8-2/h10-11,13H,7-9H2,1-6H3. The molecule has 2 heteroatoms. The van der Waals surface area contributed by atoms with E-state index in [1.807, 2.05) is 0 Å². The van der Waals surface area contributed by atoms with Crippen molar-refractivity contribution >= 4 is 0 Å². The molecule has 14 heavy (non-hydrogen) atoms. The van der Waals surface area contributed by atoms with Gasteiger partial charge in [0.15, 0.2) is 0 Å². The van der Waals surface area contributed by atoms with Crippen molar-refractivity contribution in [1.29, 1.82) is 0 Å². The highest BCUT2D eigenvalue weighted by Gasteiger charge is 2.34. The number of rotatable bonds is 7. The van der Waals surface area contributed by atoms with Gasteiger partial charge in [0.2, 0.25) is 0 Å². The third kappa shape index (κ3) is 3.58. The average molecular weight is 201 g/mol. The number of hydrogen-bond acceptors (Lipinski definition) is 2. The predicted octanol–water partition coefficient (Wildman–Crippen LogP) is 2.83. The van der Waals surface area contributed by atoms with Crippen molar-refractivity contribution in [3.05, 3.63) is 0 Å². The maximum absolute atomic E-state index is 5.89. The fourth-order valence-electron chi connectivity index (χ4n) is 2.12. The van der Waals surface area contributed by atoms with E-state index in [0.717, 1.165) is 19.6 Å². The maximum atomic E-state index is 5.89. The zero-order valence-corrected chi connectivity index (χ0v) is 10.7. The first-order valence-electron chi connectivity index (χ1n) is 5.89. The van der Waals surface area contributed by atoms with Crippen LogP contribution in [0.2, 0.25) is 0 Å². The van der Waals surface area contributed by atoms with E-state index in [0.29, 0.717) is 12.0 Å². The van der Waals surface area contributed by atoms with Gasteiger partial charge in [0.25, 0.3) is 0 Å². The first kappa shape index (κ1) is 13.9. The van der Waals surface area contributed by atoms with E-state index in [9.17, 15) is 0 Å². The summed E-state index contributed by atoms with van der Waals surface area (Å²) in [6.07, 6.45) is 1.05. The summed E-state index contributed by atoms with van der Waals surface area (Å²) >= 11 is 0. The summed E-state index contributed by atoms with van der Waals surface area (Å²) in [6.45, 7) is 14.9. The van der Waals surface area contributed by atoms with Gasteiger partial charge in [-0.1, -0.05) is 27.7 Å². The summed E-state index contributed by atoms with van der Waals surface area (Å²) in [6, 6.07) is 0.442. The predicted molar refractivity (Wildman–Crippen MR) is 62.6 cm³/mol. The molecule has 0 saturated heterocycles. The van der Waals surface area contributed by atoms with Crippen LogP contribution in [0.5, 0.6) is 0 Å². The van der Waals surface area contributed by atoms with Crippen LogP contribution in [0, 0.1) is 5.92 Å². The molecule has 2 nitrogen and oxygen atoms in total. The van der Waals surface area contributed by atoms with Crippen molar-refractivity contribution in [3.8, 4) is 0 Å². The van der Waals surface area contributed by atoms with Gasteiger partial charge in [0, 0.05) is 12.6 Å². The second-order valence-electron chi connectivity index (χ2n) is 4.38. The molecule has 0 saturated carbocycles. The van der Waals surface area contributed by atoms with Crippen molar-refractivity contribution in [2.45, 2.75) is 59.6 Å². The topological polar surface area (TPSA) is 21.3 Å². The van der Waals surface area contributed by atoms with Gasteiger partial charge in [-0.25, -0.2) is 0 Å². The Morgan fingerprint density at radius 3 is 2.07 bits per heavy atom. The molecule has 86 valence electrons. The molecule has 0 aromatic heterocycles. The zero-order valence-electron chi connectivity index (χ0n) is 10.7. The summed E-state index contributed by atoms with van der Waals surface area (Å²) in [4.78, 5) is 0. The van der Waals surface area contributed by atoms with Gasteiger partial charge in [-0.05, 0) is 32.7 Å². The second kappa shape index (κ2) is 6.41. The summed E-state index contributed by atoms with van der Waals surface area (Å²) in [5.41, 5.74) is -0.0288. The highest BCUT2D eigenvalue weighted by atomic mass is 16.5. The Morgan fingerprint density at radius 2 is 1.79 bits per heavy atom. The molecule has 0 aromatic rings. The van der Waals surface area contributed by atoms with Gasteiger partial charge in [-0.3, -0.25) is 0 Å². The van der Waals surface area contributed by atoms with Gasteiger partial charge in [-0.15, -0.1) is 0 Å². The quantitative estimate of drug-likeness (QED) is 0.684. The molecular weight excluding hydrogens is 174 g/mol. The molecule has 0 amide bonds. The number of nitrogens with one attached hydrogen (secondary N) is 1. The van der Waals surface area contributed by atoms with Crippen LogP contribution in [0.1, 0.15) is 48.0 Å². The minimum absolute atomic E-state index is 0.0288. The Balaban J connectivity index is 4.55. The molecule has 0 bridgehead atoms. The average Bonchev–Trinajstić information content (AvgIpc) is 2.14. The largest absolute Gasteiger partial charge is 0.374 e. The lowest BCUT2D eigenvalue weighted by Gasteiger charge is -2.39. The van der Waals surface area contributed by atoms with E-state index < -0.39 is 0 Å². The Kier molecular flexibility index (Phi) is 6.38. The molecule has 0 aromatic carbocycles. The zero-order chi connectivity index (χ0) is 11.2. The van der Waals surface area contributed by atoms with Crippen molar-refractivity contribution in [2.75, 3.05) is 13.2 Å². The Morgan fingerprint density at radius 1 is 1.21 bits per heavy atom. The molecule has 0 spiro atoms. The van der Waals surface area contributed by atoms with Crippen LogP contribution in [0.3, 0.4) is 0 Å². The van der Waals surface area contributed by atoms with Crippen molar-refractivity contribution in [3.63, 3.8) is 0 Å². The molecule has 0 aliphatic heterocycles. The van der Waals surface area contributed by atoms with E-state index in [1.54, 1.807) is 0 Å². The molecule has 0 rings (SSSR count). The molecule has 0 radical (unpaired) electrons. The van der Waals surface area contributed by atoms with Crippen LogP contribution in [-0.4, -0.2) is 24.8 Å². The monoisotopic (exact) mass is 201 g/mol. The van der Waals surface area contributed by atoms with Crippen molar-refractivity contribution < 1.29 is 4.74 Å². The summed E-state index contributed by atoms with van der Waals surface area (Å²) in [5, 5.41) is 3.53. The first-order chi connectivity index (χ1) is 6.51. The Labute approximate surface area is 89.4 Å². The maximum Gasteiger partial charge on any atom is 0.0806 e. The van der Waals surface area contributed by atoms with Gasteiger partial charge >= 0.3 is 0 Å². The van der Waals surface area contributed by atoms with Gasteiger partial charge in [0.05, 0.1) is 5.60 Å². The van der Waals surface area contributed by atoms with E-state index in [1.165, 1.54) is 0 Å². The highest BCUT2D eigenvalue weighted by Crippen LogP contribution is 2.25. The van der Waals surface area contributed by atoms with Crippen LogP contribution in [-0.2, 0) is 4.74 Å². The van der Waals surface area contributed by atoms with Crippen molar-refractivity contribution in [2.24, 2.45) is 5.92 Å². The van der Waals surface area contributed by atoms with E-state index in [2.05, 4.69) is 46.9 Å². The minimum Gasteiger partial charge on any atom is -0.374 e. The summed E-state index contributed by atoms with van der Waals surface area (Å²) < 4.78 is 5.89. The number of likely N-dealkylation sites (N-methyl/N-ethyl adjacent to an activating group) is 1. The lowest BCUT2D eigenvalue weighted by molar-refractivity contribution is -0.0654. The fraction of sp³-hybridized carbons (Fsp3) is 1.00. The Hall–Kier alpha value is -0.0800. The number of ether oxygens (including phenoxy) is 1. The minimum atomic E-state index is -0.0288. The molecule has 0 heterocycles. The smallest absolute Gasteiger partial charge is 0.0806 e. The van der Waals surface area contributed by atoms with Crippen LogP contribution in [0.4, 0.5) is 0 Å². The SMILES string of the molecule is CCNC(C(C)C)C(C)(CC)OCC. The molecule has 0 aliphatic rings. The molecule has 2 atom stereocenters. The van der Waals surface area contributed by atoms with Crippen LogP contribution < -0.4 is 5.32 Å². The second-order valence-corrected chi connectivity index (χ2v) is 4.38. The molecule has 0 aliphatic carbocycles. The van der Waals surface area contributed by atoms with Gasteiger partial charge in [-0.2, -0.15) is 0 Å². The number of hydrogen-bond donors (Lipinski definition) is 1. The molecule has 2 unspecified atom stereocenters. The van der Waals surface area contributed by atoms with Crippen LogP contribution in [0.15, 0.2) is 0 Å². The highest BCUT2D eigenvalue weighted by molar-refractivity contribution is 4.90. The van der Waals surface area contributed by atoms with E-state index in [-0.39, 0.29) is 5.60 Å². The summed E-state index contributed by atoms with van der Waals surface area (Å²) in [7, 11) is 0. The lowest BCUT2D eigenvalue weighted by atomic mass is 9.85. The van der Waals surface area contributed by atoms with Crippen LogP contribution in [0.25, 0.3) is 0 Å². The van der Waals surface area contributed by atoms with Crippen LogP contribution >= 0.6 is 0 Å². The van der Waals surface area contributed by atoms with E-state index >= 15 is 0 Å². The van der Waals surface area contributed by atoms with E-state index in [4.69, 9.17) is 4.74 Å². The third-order valence-electron chi connectivity index (χ3n) is 2.92. The molecule has 0 fully saturated rings. The third-order valence-corrected chi connectivity index (χ3v) is 2.92. The Bertz CT molecular complexity index is 147. The fourth-order valence-corrected chi connectivity index (χ4v) is 2.12. The van der Waals surface area contributed by atoms with Gasteiger partial charge in [0.1, 0.15) is 0 Å². The van der Waals surface area contributed by atoms with Crippen molar-refractivity contribution in [1.82, 2.24) is 5.32 Å². The molecular formula is C12H27NO. The first-order valence-corrected chi connectivity index (χ1v) is 5.89. The lowest BCUT2D eigenvalue weighted by Crippen LogP contribution is -2.53. The summed E-state index contributed by atoms with van der Waals surface area (Å²) in [5.74, 6) is 0.603. The van der Waals surface area contributed by atoms with Gasteiger partial charge < -0.3 is 10.1 Å². The normalized spacial score (nSPS) is 18.2.